The van der Waals surface area contributed by atoms with Crippen molar-refractivity contribution in [2.45, 2.75) is 24.9 Å². The number of benzene rings is 3. The molecule has 0 spiro atoms. The number of phenolic OH excluding ortho intramolecular Hbond substituents is 2. The third-order valence-corrected chi connectivity index (χ3v) is 6.52. The molecule has 3 aromatic rings. The van der Waals surface area contributed by atoms with Crippen LogP contribution in [-0.4, -0.2) is 58.3 Å². The number of halogens is 2. The molecule has 1 saturated heterocycles. The first-order chi connectivity index (χ1) is 17.3. The quantitative estimate of drug-likeness (QED) is 0.384. The van der Waals surface area contributed by atoms with Crippen molar-refractivity contribution < 1.29 is 33.6 Å². The first kappa shape index (κ1) is 25.6. The van der Waals surface area contributed by atoms with Gasteiger partial charge in [0, 0.05) is 18.5 Å². The van der Waals surface area contributed by atoms with Gasteiger partial charge in [0.1, 0.15) is 35.9 Å². The van der Waals surface area contributed by atoms with Crippen molar-refractivity contribution >= 4 is 5.78 Å². The number of aliphatic hydroxyl groups excluding tert-OH is 1. The molecule has 3 aromatic carbocycles. The van der Waals surface area contributed by atoms with E-state index in [0.717, 1.165) is 0 Å². The highest BCUT2D eigenvalue weighted by atomic mass is 19.1. The zero-order valence-electron chi connectivity index (χ0n) is 19.7. The van der Waals surface area contributed by atoms with E-state index in [1.807, 2.05) is 4.90 Å². The van der Waals surface area contributed by atoms with Gasteiger partial charge in [-0.3, -0.25) is 4.79 Å². The number of rotatable bonds is 9. The summed E-state index contributed by atoms with van der Waals surface area (Å²) in [6.07, 6.45) is 0.363. The van der Waals surface area contributed by atoms with Crippen LogP contribution in [-0.2, 0) is 4.79 Å². The SMILES string of the molecule is O=C(C1CCN(CC(O)COc2cc(O)ccc2O)CC1)C(c1ccc(F)cc1)c1ccc(F)cc1. The molecule has 0 aromatic heterocycles. The van der Waals surface area contributed by atoms with Gasteiger partial charge >= 0.3 is 0 Å². The Kier molecular flexibility index (Phi) is 8.18. The molecule has 0 amide bonds. The van der Waals surface area contributed by atoms with Gasteiger partial charge in [0.2, 0.25) is 0 Å². The van der Waals surface area contributed by atoms with Gasteiger partial charge in [-0.05, 0) is 73.5 Å². The maximum atomic E-state index is 13.6. The lowest BCUT2D eigenvalue weighted by Crippen LogP contribution is -2.42. The van der Waals surface area contributed by atoms with Crippen molar-refractivity contribution in [1.29, 1.82) is 0 Å². The Hall–Kier alpha value is -3.49. The number of phenols is 2. The van der Waals surface area contributed by atoms with E-state index in [1.165, 1.54) is 42.5 Å². The van der Waals surface area contributed by atoms with Gasteiger partial charge in [-0.1, -0.05) is 24.3 Å². The highest BCUT2D eigenvalue weighted by molar-refractivity contribution is 5.91. The number of hydrogen-bond donors (Lipinski definition) is 3. The summed E-state index contributed by atoms with van der Waals surface area (Å²) in [5, 5.41) is 29.7. The van der Waals surface area contributed by atoms with Crippen LogP contribution in [0.1, 0.15) is 29.9 Å². The normalized spacial score (nSPS) is 15.7. The van der Waals surface area contributed by atoms with Crippen LogP contribution in [0.3, 0.4) is 0 Å². The van der Waals surface area contributed by atoms with E-state index < -0.39 is 12.0 Å². The molecule has 6 nitrogen and oxygen atoms in total. The maximum Gasteiger partial charge on any atom is 0.164 e. The number of likely N-dealkylation sites (tertiary alicyclic amines) is 1. The van der Waals surface area contributed by atoms with Gasteiger partial charge in [0.05, 0.1) is 5.92 Å². The van der Waals surface area contributed by atoms with Crippen LogP contribution < -0.4 is 4.74 Å². The van der Waals surface area contributed by atoms with Crippen LogP contribution in [0.4, 0.5) is 8.78 Å². The van der Waals surface area contributed by atoms with Crippen molar-refractivity contribution in [2.24, 2.45) is 5.92 Å². The Morgan fingerprint density at radius 1 is 0.917 bits per heavy atom. The lowest BCUT2D eigenvalue weighted by Gasteiger charge is -2.34. The van der Waals surface area contributed by atoms with Gasteiger partial charge < -0.3 is 25.0 Å². The van der Waals surface area contributed by atoms with Gasteiger partial charge in [0.25, 0.3) is 0 Å². The predicted molar refractivity (Wildman–Crippen MR) is 130 cm³/mol. The van der Waals surface area contributed by atoms with Crippen LogP contribution in [0.25, 0.3) is 0 Å². The molecule has 1 fully saturated rings. The van der Waals surface area contributed by atoms with E-state index in [1.54, 1.807) is 24.3 Å². The Morgan fingerprint density at radius 2 is 1.47 bits per heavy atom. The van der Waals surface area contributed by atoms with Crippen LogP contribution in [0.15, 0.2) is 66.7 Å². The second-order valence-electron chi connectivity index (χ2n) is 9.13. The van der Waals surface area contributed by atoms with Gasteiger partial charge in [-0.2, -0.15) is 0 Å². The van der Waals surface area contributed by atoms with E-state index in [2.05, 4.69) is 0 Å². The summed E-state index contributed by atoms with van der Waals surface area (Å²) < 4.78 is 32.4. The zero-order valence-corrected chi connectivity index (χ0v) is 19.7. The lowest BCUT2D eigenvalue weighted by atomic mass is 9.79. The minimum Gasteiger partial charge on any atom is -0.508 e. The molecular formula is C28H29F2NO5. The number of piperidine rings is 1. The van der Waals surface area contributed by atoms with E-state index in [9.17, 15) is 28.9 Å². The van der Waals surface area contributed by atoms with E-state index in [0.29, 0.717) is 43.6 Å². The molecular weight excluding hydrogens is 468 g/mol. The molecule has 1 aliphatic rings. The number of carbonyl (C=O) groups is 1. The summed E-state index contributed by atoms with van der Waals surface area (Å²) in [7, 11) is 0. The summed E-state index contributed by atoms with van der Waals surface area (Å²) in [5.41, 5.74) is 1.33. The Bertz CT molecular complexity index is 1120. The largest absolute Gasteiger partial charge is 0.508 e. The molecule has 0 radical (unpaired) electrons. The zero-order chi connectivity index (χ0) is 25.7. The third-order valence-electron chi connectivity index (χ3n) is 6.52. The number of nitrogens with zero attached hydrogens (tertiary/aromatic N) is 1. The highest BCUT2D eigenvalue weighted by Gasteiger charge is 2.32. The van der Waals surface area contributed by atoms with E-state index in [4.69, 9.17) is 4.74 Å². The minimum atomic E-state index is -0.829. The standard InChI is InChI=1S/C28H29F2NO5/c29-21-5-1-18(2-6-21)27(19-3-7-22(30)8-4-19)28(35)20-11-13-31(14-12-20)16-24(33)17-36-26-15-23(32)9-10-25(26)34/h1-10,15,20,24,27,32-34H,11-14,16-17H2. The third kappa shape index (κ3) is 6.38. The fourth-order valence-corrected chi connectivity index (χ4v) is 4.62. The first-order valence-corrected chi connectivity index (χ1v) is 11.9. The molecule has 1 unspecified atom stereocenters. The number of aromatic hydroxyl groups is 2. The number of aliphatic hydroxyl groups is 1. The monoisotopic (exact) mass is 497 g/mol. The molecule has 0 bridgehead atoms. The molecule has 1 heterocycles. The number of hydrogen-bond acceptors (Lipinski definition) is 6. The number of carbonyl (C=O) groups excluding carboxylic acids is 1. The van der Waals surface area contributed by atoms with E-state index in [-0.39, 0.29) is 47.2 Å². The first-order valence-electron chi connectivity index (χ1n) is 11.9. The average molecular weight is 498 g/mol. The van der Waals surface area contributed by atoms with Gasteiger partial charge in [0.15, 0.2) is 11.5 Å². The van der Waals surface area contributed by atoms with Gasteiger partial charge in [-0.25, -0.2) is 8.78 Å². The fraction of sp³-hybridized carbons (Fsp3) is 0.321. The van der Waals surface area contributed by atoms with Crippen molar-refractivity contribution in [3.05, 3.63) is 89.5 Å². The summed E-state index contributed by atoms with van der Waals surface area (Å²) in [5.74, 6) is -1.70. The minimum absolute atomic E-state index is 0.0103. The molecule has 36 heavy (non-hydrogen) atoms. The topological polar surface area (TPSA) is 90.2 Å². The summed E-state index contributed by atoms with van der Waals surface area (Å²) in [6.45, 7) is 1.47. The molecule has 190 valence electrons. The Morgan fingerprint density at radius 3 is 2.03 bits per heavy atom. The van der Waals surface area contributed by atoms with Crippen LogP contribution in [0.5, 0.6) is 17.2 Å². The molecule has 3 N–H and O–H groups in total. The molecule has 1 aliphatic heterocycles. The maximum absolute atomic E-state index is 13.6. The smallest absolute Gasteiger partial charge is 0.164 e. The van der Waals surface area contributed by atoms with Crippen LogP contribution in [0, 0.1) is 17.6 Å². The number of Topliss-reactive ketones (excluding diaryl/α,β-unsaturated/α-hetero) is 1. The number of β-amino-alcohol motifs (C(OH)–C–C–N with tert-alkyl or cyclic N) is 1. The van der Waals surface area contributed by atoms with Crippen LogP contribution >= 0.6 is 0 Å². The Balaban J connectivity index is 1.35. The molecule has 8 heteroatoms. The van der Waals surface area contributed by atoms with Crippen molar-refractivity contribution in [3.8, 4) is 17.2 Å². The predicted octanol–water partition coefficient (Wildman–Crippen LogP) is 4.23. The van der Waals surface area contributed by atoms with Crippen LogP contribution in [0.2, 0.25) is 0 Å². The van der Waals surface area contributed by atoms with Crippen molar-refractivity contribution in [3.63, 3.8) is 0 Å². The van der Waals surface area contributed by atoms with Gasteiger partial charge in [-0.15, -0.1) is 0 Å². The Labute approximate surface area is 208 Å². The second kappa shape index (κ2) is 11.5. The molecule has 0 aliphatic carbocycles. The average Bonchev–Trinajstić information content (AvgIpc) is 2.87. The lowest BCUT2D eigenvalue weighted by molar-refractivity contribution is -0.125. The number of ketones is 1. The van der Waals surface area contributed by atoms with Crippen molar-refractivity contribution in [2.75, 3.05) is 26.2 Å². The summed E-state index contributed by atoms with van der Waals surface area (Å²) in [6, 6.07) is 15.6. The molecule has 1 atom stereocenters. The number of ether oxygens (including phenoxy) is 1. The highest BCUT2D eigenvalue weighted by Crippen LogP contribution is 2.33. The molecule has 4 rings (SSSR count). The van der Waals surface area contributed by atoms with E-state index >= 15 is 0 Å². The molecule has 0 saturated carbocycles. The summed E-state index contributed by atoms with van der Waals surface area (Å²) >= 11 is 0. The van der Waals surface area contributed by atoms with Crippen molar-refractivity contribution in [1.82, 2.24) is 4.90 Å². The summed E-state index contributed by atoms with van der Waals surface area (Å²) in [4.78, 5) is 15.6. The fourth-order valence-electron chi connectivity index (χ4n) is 4.62. The second-order valence-corrected chi connectivity index (χ2v) is 9.13.